The first kappa shape index (κ1) is 25.5. The fourth-order valence-electron chi connectivity index (χ4n) is 5.89. The Hall–Kier alpha value is -4.82. The van der Waals surface area contributed by atoms with Gasteiger partial charge in [-0.05, 0) is 64.7 Å². The number of para-hydroxylation sites is 2. The van der Waals surface area contributed by atoms with E-state index in [0.29, 0.717) is 0 Å². The van der Waals surface area contributed by atoms with Gasteiger partial charge in [0.15, 0.2) is 0 Å². The minimum absolute atomic E-state index is 1.18. The Labute approximate surface area is 235 Å². The fourth-order valence-corrected chi connectivity index (χ4v) is 5.89. The van der Waals surface area contributed by atoms with Gasteiger partial charge in [-0.1, -0.05) is 107 Å². The molecule has 0 fully saturated rings. The molecule has 0 unspecified atom stereocenters. The second-order valence-electron chi connectivity index (χ2n) is 9.46. The highest BCUT2D eigenvalue weighted by molar-refractivity contribution is 6.18. The van der Waals surface area contributed by atoms with Gasteiger partial charge in [0.05, 0.1) is 22.2 Å². The molecule has 0 aliphatic heterocycles. The fraction of sp³-hybridized carbons (Fsp3) is 0.105. The second-order valence-corrected chi connectivity index (χ2v) is 9.46. The van der Waals surface area contributed by atoms with Gasteiger partial charge >= 0.3 is 0 Å². The van der Waals surface area contributed by atoms with Crippen molar-refractivity contribution in [2.45, 2.75) is 27.7 Å². The molecule has 196 valence electrons. The molecule has 2 heteroatoms. The van der Waals surface area contributed by atoms with Crippen LogP contribution in [0.15, 0.2) is 134 Å². The lowest BCUT2D eigenvalue weighted by Crippen LogP contribution is -1.95. The molecule has 0 saturated carbocycles. The van der Waals surface area contributed by atoms with E-state index in [1.54, 1.807) is 0 Å². The van der Waals surface area contributed by atoms with Crippen LogP contribution >= 0.6 is 0 Å². The molecule has 0 radical (unpaired) electrons. The summed E-state index contributed by atoms with van der Waals surface area (Å²) in [5.41, 5.74) is 6.10. The average Bonchev–Trinajstić information content (AvgIpc) is 3.62. The zero-order chi connectivity index (χ0) is 27.6. The van der Waals surface area contributed by atoms with Crippen molar-refractivity contribution in [3.05, 3.63) is 134 Å². The van der Waals surface area contributed by atoms with Crippen LogP contribution < -0.4 is 0 Å². The van der Waals surface area contributed by atoms with Crippen molar-refractivity contribution >= 4 is 54.3 Å². The highest BCUT2D eigenvalue weighted by atomic mass is 15.0. The van der Waals surface area contributed by atoms with E-state index in [4.69, 9.17) is 0 Å². The first-order valence-electron chi connectivity index (χ1n) is 14.4. The monoisotopic (exact) mass is 518 g/mol. The normalized spacial score (nSPS) is 11.0. The SMILES string of the molecule is CC.CC.c1ccc(-n2ccc3c4cc5c6ccccc6n(-c6cccc7ccccc67)c5cc4ccc32)cc1. The van der Waals surface area contributed by atoms with Gasteiger partial charge in [0.2, 0.25) is 0 Å². The zero-order valence-electron chi connectivity index (χ0n) is 23.6. The minimum atomic E-state index is 1.18. The van der Waals surface area contributed by atoms with Crippen molar-refractivity contribution in [3.63, 3.8) is 0 Å². The summed E-state index contributed by atoms with van der Waals surface area (Å²) in [7, 11) is 0. The lowest BCUT2D eigenvalue weighted by atomic mass is 10.0. The van der Waals surface area contributed by atoms with Crippen LogP contribution in [-0.4, -0.2) is 9.13 Å². The third-order valence-corrected chi connectivity index (χ3v) is 7.52. The molecule has 8 aromatic rings. The van der Waals surface area contributed by atoms with Crippen LogP contribution in [0.3, 0.4) is 0 Å². The Bertz CT molecular complexity index is 2090. The molecule has 0 amide bonds. The van der Waals surface area contributed by atoms with Gasteiger partial charge in [-0.3, -0.25) is 0 Å². The largest absolute Gasteiger partial charge is 0.317 e. The zero-order valence-corrected chi connectivity index (χ0v) is 23.6. The molecule has 2 aromatic heterocycles. The van der Waals surface area contributed by atoms with Crippen LogP contribution in [0.2, 0.25) is 0 Å². The third kappa shape index (κ3) is 3.96. The molecular weight excluding hydrogens is 484 g/mol. The highest BCUT2D eigenvalue weighted by Gasteiger charge is 2.16. The van der Waals surface area contributed by atoms with E-state index >= 15 is 0 Å². The Morgan fingerprint density at radius 2 is 1.07 bits per heavy atom. The van der Waals surface area contributed by atoms with Gasteiger partial charge in [-0.25, -0.2) is 0 Å². The molecule has 0 spiro atoms. The van der Waals surface area contributed by atoms with E-state index in [9.17, 15) is 0 Å². The Kier molecular flexibility index (Phi) is 6.84. The molecule has 2 nitrogen and oxygen atoms in total. The summed E-state index contributed by atoms with van der Waals surface area (Å²) in [6.07, 6.45) is 2.18. The lowest BCUT2D eigenvalue weighted by Gasteiger charge is -2.12. The molecule has 0 aliphatic rings. The Morgan fingerprint density at radius 3 is 1.90 bits per heavy atom. The van der Waals surface area contributed by atoms with Crippen molar-refractivity contribution in [2.75, 3.05) is 0 Å². The molecule has 8 rings (SSSR count). The Balaban J connectivity index is 0.000000694. The molecule has 0 N–H and O–H groups in total. The molecule has 0 atom stereocenters. The van der Waals surface area contributed by atoms with E-state index < -0.39 is 0 Å². The predicted molar refractivity (Wildman–Crippen MR) is 175 cm³/mol. The van der Waals surface area contributed by atoms with Crippen LogP contribution in [0.25, 0.3) is 65.6 Å². The summed E-state index contributed by atoms with van der Waals surface area (Å²) in [6, 6.07) is 46.1. The van der Waals surface area contributed by atoms with Gasteiger partial charge < -0.3 is 9.13 Å². The van der Waals surface area contributed by atoms with Crippen molar-refractivity contribution in [3.8, 4) is 11.4 Å². The standard InChI is InChI=1S/C34H22N2.2C2H6/c1-2-11-25(12-3-1)35-20-19-28-29-22-30-27-14-6-7-15-33(27)36(34(30)21-24(29)17-18-31(28)35)32-16-8-10-23-9-4-5-13-26(23)32;2*1-2/h1-22H;2*1-2H3. The van der Waals surface area contributed by atoms with Gasteiger partial charge in [0.1, 0.15) is 0 Å². The summed E-state index contributed by atoms with van der Waals surface area (Å²) in [6.45, 7) is 8.00. The maximum Gasteiger partial charge on any atom is 0.0547 e. The molecule has 6 aromatic carbocycles. The van der Waals surface area contributed by atoms with Crippen molar-refractivity contribution in [1.29, 1.82) is 0 Å². The molecule has 2 heterocycles. The summed E-state index contributed by atoms with van der Waals surface area (Å²) in [4.78, 5) is 0. The number of hydrogen-bond acceptors (Lipinski definition) is 0. The highest BCUT2D eigenvalue weighted by Crippen LogP contribution is 2.38. The van der Waals surface area contributed by atoms with Crippen LogP contribution in [0.1, 0.15) is 27.7 Å². The first-order chi connectivity index (χ1) is 19.9. The van der Waals surface area contributed by atoms with Crippen LogP contribution in [0.5, 0.6) is 0 Å². The van der Waals surface area contributed by atoms with Gasteiger partial charge in [0, 0.05) is 33.4 Å². The molecule has 0 aliphatic carbocycles. The summed E-state index contributed by atoms with van der Waals surface area (Å²) in [5.74, 6) is 0. The maximum atomic E-state index is 2.44. The van der Waals surface area contributed by atoms with E-state index in [1.807, 2.05) is 27.7 Å². The van der Waals surface area contributed by atoms with Crippen molar-refractivity contribution in [1.82, 2.24) is 9.13 Å². The molecule has 0 bridgehead atoms. The van der Waals surface area contributed by atoms with Crippen LogP contribution in [0, 0.1) is 0 Å². The third-order valence-electron chi connectivity index (χ3n) is 7.52. The summed E-state index contributed by atoms with van der Waals surface area (Å²) >= 11 is 0. The maximum absolute atomic E-state index is 2.44. The van der Waals surface area contributed by atoms with Crippen molar-refractivity contribution < 1.29 is 0 Å². The first-order valence-corrected chi connectivity index (χ1v) is 14.4. The number of aromatic nitrogens is 2. The second kappa shape index (κ2) is 10.7. The van der Waals surface area contributed by atoms with E-state index in [0.717, 1.165) is 0 Å². The topological polar surface area (TPSA) is 9.86 Å². The van der Waals surface area contributed by atoms with Crippen molar-refractivity contribution in [2.24, 2.45) is 0 Å². The number of rotatable bonds is 2. The quantitative estimate of drug-likeness (QED) is 0.215. The minimum Gasteiger partial charge on any atom is -0.317 e. The smallest absolute Gasteiger partial charge is 0.0547 e. The average molecular weight is 519 g/mol. The van der Waals surface area contributed by atoms with E-state index in [1.165, 1.54) is 65.6 Å². The number of fused-ring (bicyclic) bond motifs is 7. The molecule has 0 saturated heterocycles. The molecule has 40 heavy (non-hydrogen) atoms. The number of hydrogen-bond donors (Lipinski definition) is 0. The predicted octanol–water partition coefficient (Wildman–Crippen LogP) is 11.1. The Morgan fingerprint density at radius 1 is 0.400 bits per heavy atom. The van der Waals surface area contributed by atoms with Crippen LogP contribution in [0.4, 0.5) is 0 Å². The van der Waals surface area contributed by atoms with Gasteiger partial charge in [0.25, 0.3) is 0 Å². The number of nitrogens with zero attached hydrogens (tertiary/aromatic N) is 2. The number of benzene rings is 6. The van der Waals surface area contributed by atoms with Crippen LogP contribution in [-0.2, 0) is 0 Å². The summed E-state index contributed by atoms with van der Waals surface area (Å²) in [5, 5.41) is 8.90. The summed E-state index contributed by atoms with van der Waals surface area (Å²) < 4.78 is 4.71. The van der Waals surface area contributed by atoms with Gasteiger partial charge in [-0.2, -0.15) is 0 Å². The van der Waals surface area contributed by atoms with E-state index in [2.05, 4.69) is 143 Å². The molecular formula is C38H34N2. The van der Waals surface area contributed by atoms with Gasteiger partial charge in [-0.15, -0.1) is 0 Å². The van der Waals surface area contributed by atoms with E-state index in [-0.39, 0.29) is 0 Å². The lowest BCUT2D eigenvalue weighted by molar-refractivity contribution is 1.13.